The molecule has 0 spiro atoms. The van der Waals surface area contributed by atoms with Crippen LogP contribution in [0.4, 0.5) is 0 Å². The fraction of sp³-hybridized carbons (Fsp3) is 0.304. The lowest BCUT2D eigenvalue weighted by Gasteiger charge is -2.28. The molecule has 2 heterocycles. The van der Waals surface area contributed by atoms with Gasteiger partial charge in [0.1, 0.15) is 11.3 Å². The molecule has 6 nitrogen and oxygen atoms in total. The van der Waals surface area contributed by atoms with E-state index < -0.39 is 5.63 Å². The SMILES string of the molecule is O=C(COc1ccc2ccc(=O)oc2c1)NCC(c1ccccc1)N1CCCC1. The van der Waals surface area contributed by atoms with Gasteiger partial charge in [0.25, 0.3) is 5.91 Å². The van der Waals surface area contributed by atoms with Crippen LogP contribution in [-0.2, 0) is 4.79 Å². The maximum absolute atomic E-state index is 12.4. The van der Waals surface area contributed by atoms with Crippen LogP contribution in [0, 0.1) is 0 Å². The first-order valence-corrected chi connectivity index (χ1v) is 9.91. The summed E-state index contributed by atoms with van der Waals surface area (Å²) in [6.45, 7) is 2.55. The van der Waals surface area contributed by atoms with Crippen molar-refractivity contribution >= 4 is 16.9 Å². The Labute approximate surface area is 169 Å². The molecule has 4 rings (SSSR count). The minimum Gasteiger partial charge on any atom is -0.484 e. The van der Waals surface area contributed by atoms with Gasteiger partial charge in [-0.15, -0.1) is 0 Å². The Morgan fingerprint density at radius 1 is 1.07 bits per heavy atom. The highest BCUT2D eigenvalue weighted by Gasteiger charge is 2.23. The Morgan fingerprint density at radius 2 is 1.83 bits per heavy atom. The molecule has 1 aliphatic heterocycles. The predicted molar refractivity (Wildman–Crippen MR) is 111 cm³/mol. The molecule has 29 heavy (non-hydrogen) atoms. The second kappa shape index (κ2) is 8.92. The van der Waals surface area contributed by atoms with Gasteiger partial charge in [0.15, 0.2) is 6.61 Å². The highest BCUT2D eigenvalue weighted by Crippen LogP contribution is 2.24. The second-order valence-electron chi connectivity index (χ2n) is 7.22. The van der Waals surface area contributed by atoms with Crippen LogP contribution in [-0.4, -0.2) is 37.0 Å². The van der Waals surface area contributed by atoms with E-state index in [1.807, 2.05) is 18.2 Å². The summed E-state index contributed by atoms with van der Waals surface area (Å²) in [5, 5.41) is 3.80. The van der Waals surface area contributed by atoms with Crippen LogP contribution in [0.2, 0.25) is 0 Å². The van der Waals surface area contributed by atoms with Crippen LogP contribution in [0.25, 0.3) is 11.0 Å². The molecule has 2 aromatic carbocycles. The molecule has 0 saturated carbocycles. The zero-order valence-corrected chi connectivity index (χ0v) is 16.2. The number of benzene rings is 2. The fourth-order valence-corrected chi connectivity index (χ4v) is 3.73. The molecular formula is C23H24N2O4. The Kier molecular flexibility index (Phi) is 5.91. The Morgan fingerprint density at radius 3 is 2.62 bits per heavy atom. The Balaban J connectivity index is 1.35. The molecule has 150 valence electrons. The van der Waals surface area contributed by atoms with Gasteiger partial charge in [-0.1, -0.05) is 30.3 Å². The molecular weight excluding hydrogens is 368 g/mol. The number of carbonyl (C=O) groups excluding carboxylic acids is 1. The van der Waals surface area contributed by atoms with Gasteiger partial charge >= 0.3 is 5.63 Å². The van der Waals surface area contributed by atoms with Gasteiger partial charge in [-0.25, -0.2) is 4.79 Å². The number of ether oxygens (including phenoxy) is 1. The van der Waals surface area contributed by atoms with Gasteiger partial charge in [0, 0.05) is 24.1 Å². The molecule has 1 fully saturated rings. The van der Waals surface area contributed by atoms with E-state index in [9.17, 15) is 9.59 Å². The van der Waals surface area contributed by atoms with E-state index in [2.05, 4.69) is 22.3 Å². The number of amides is 1. The third-order valence-electron chi connectivity index (χ3n) is 5.22. The van der Waals surface area contributed by atoms with Crippen molar-refractivity contribution in [1.29, 1.82) is 0 Å². The van der Waals surface area contributed by atoms with Gasteiger partial charge in [0.05, 0.1) is 6.04 Å². The highest BCUT2D eigenvalue weighted by atomic mass is 16.5. The lowest BCUT2D eigenvalue weighted by Crippen LogP contribution is -2.38. The molecule has 0 radical (unpaired) electrons. The van der Waals surface area contributed by atoms with E-state index in [0.717, 1.165) is 18.5 Å². The number of fused-ring (bicyclic) bond motifs is 1. The summed E-state index contributed by atoms with van der Waals surface area (Å²) < 4.78 is 10.7. The van der Waals surface area contributed by atoms with Gasteiger partial charge in [-0.05, 0) is 49.7 Å². The molecule has 1 aromatic heterocycles. The average Bonchev–Trinajstić information content (AvgIpc) is 3.27. The molecule has 1 atom stereocenters. The lowest BCUT2D eigenvalue weighted by molar-refractivity contribution is -0.123. The van der Waals surface area contributed by atoms with E-state index in [0.29, 0.717) is 17.9 Å². The van der Waals surface area contributed by atoms with E-state index in [4.69, 9.17) is 9.15 Å². The molecule has 1 aliphatic rings. The first kappa shape index (κ1) is 19.2. The van der Waals surface area contributed by atoms with Gasteiger partial charge in [-0.3, -0.25) is 9.69 Å². The molecule has 1 N–H and O–H groups in total. The summed E-state index contributed by atoms with van der Waals surface area (Å²) >= 11 is 0. The second-order valence-corrected chi connectivity index (χ2v) is 7.22. The van der Waals surface area contributed by atoms with Crippen molar-refractivity contribution in [3.05, 3.63) is 76.6 Å². The Bertz CT molecular complexity index is 1030. The average molecular weight is 392 g/mol. The topological polar surface area (TPSA) is 71.8 Å². The third kappa shape index (κ3) is 4.84. The van der Waals surface area contributed by atoms with Gasteiger partial charge in [0.2, 0.25) is 0 Å². The monoisotopic (exact) mass is 392 g/mol. The maximum Gasteiger partial charge on any atom is 0.336 e. The minimum absolute atomic E-state index is 0.0932. The third-order valence-corrected chi connectivity index (χ3v) is 5.22. The summed E-state index contributed by atoms with van der Waals surface area (Å²) in [5.74, 6) is 0.306. The summed E-state index contributed by atoms with van der Waals surface area (Å²) in [6, 6.07) is 18.7. The van der Waals surface area contributed by atoms with Crippen LogP contribution < -0.4 is 15.7 Å². The fourth-order valence-electron chi connectivity index (χ4n) is 3.73. The standard InChI is InChI=1S/C23H24N2O4/c26-22(16-28-19-10-8-18-9-11-23(27)29-21(18)14-19)24-15-20(25-12-4-5-13-25)17-6-2-1-3-7-17/h1-3,6-11,14,20H,4-5,12-13,15-16H2,(H,24,26). The quantitative estimate of drug-likeness (QED) is 0.626. The van der Waals surface area contributed by atoms with Crippen LogP contribution in [0.1, 0.15) is 24.4 Å². The van der Waals surface area contributed by atoms with Crippen LogP contribution in [0.15, 0.2) is 69.9 Å². The van der Waals surface area contributed by atoms with Crippen molar-refractivity contribution in [2.75, 3.05) is 26.2 Å². The summed E-state index contributed by atoms with van der Waals surface area (Å²) in [5.41, 5.74) is 1.23. The molecule has 0 aliphatic carbocycles. The van der Waals surface area contributed by atoms with Crippen molar-refractivity contribution < 1.29 is 13.9 Å². The normalized spacial score (nSPS) is 15.3. The molecule has 1 unspecified atom stereocenters. The number of rotatable bonds is 7. The van der Waals surface area contributed by atoms with Crippen molar-refractivity contribution in [2.24, 2.45) is 0 Å². The number of nitrogens with zero attached hydrogens (tertiary/aromatic N) is 1. The van der Waals surface area contributed by atoms with Crippen molar-refractivity contribution in [1.82, 2.24) is 10.2 Å². The number of likely N-dealkylation sites (tertiary alicyclic amines) is 1. The van der Waals surface area contributed by atoms with Crippen LogP contribution >= 0.6 is 0 Å². The number of nitrogens with one attached hydrogen (secondary N) is 1. The number of hydrogen-bond acceptors (Lipinski definition) is 5. The zero-order chi connectivity index (χ0) is 20.1. The summed E-state index contributed by atoms with van der Waals surface area (Å²) in [4.78, 5) is 26.1. The number of hydrogen-bond donors (Lipinski definition) is 1. The van der Waals surface area contributed by atoms with Crippen molar-refractivity contribution in [2.45, 2.75) is 18.9 Å². The van der Waals surface area contributed by atoms with Crippen LogP contribution in [0.5, 0.6) is 5.75 Å². The number of carbonyl (C=O) groups is 1. The molecule has 1 saturated heterocycles. The van der Waals surface area contributed by atoms with Gasteiger partial charge < -0.3 is 14.5 Å². The molecule has 3 aromatic rings. The smallest absolute Gasteiger partial charge is 0.336 e. The van der Waals surface area contributed by atoms with E-state index in [1.165, 1.54) is 24.5 Å². The van der Waals surface area contributed by atoms with E-state index >= 15 is 0 Å². The molecule has 1 amide bonds. The molecule has 0 bridgehead atoms. The largest absolute Gasteiger partial charge is 0.484 e. The minimum atomic E-state index is -0.416. The van der Waals surface area contributed by atoms with Gasteiger partial charge in [-0.2, -0.15) is 0 Å². The summed E-state index contributed by atoms with van der Waals surface area (Å²) in [6.07, 6.45) is 2.39. The Hall–Kier alpha value is -3.12. The predicted octanol–water partition coefficient (Wildman–Crippen LogP) is 3.13. The van der Waals surface area contributed by atoms with E-state index in [1.54, 1.807) is 24.3 Å². The first-order chi connectivity index (χ1) is 14.2. The van der Waals surface area contributed by atoms with Crippen LogP contribution in [0.3, 0.4) is 0 Å². The first-order valence-electron chi connectivity index (χ1n) is 9.91. The van der Waals surface area contributed by atoms with Crippen molar-refractivity contribution in [3.63, 3.8) is 0 Å². The highest BCUT2D eigenvalue weighted by molar-refractivity contribution is 5.79. The maximum atomic E-state index is 12.4. The van der Waals surface area contributed by atoms with E-state index in [-0.39, 0.29) is 18.6 Å². The van der Waals surface area contributed by atoms with Crippen molar-refractivity contribution in [3.8, 4) is 5.75 Å². The zero-order valence-electron chi connectivity index (χ0n) is 16.2. The summed E-state index contributed by atoms with van der Waals surface area (Å²) in [7, 11) is 0. The lowest BCUT2D eigenvalue weighted by atomic mass is 10.1. The molecule has 6 heteroatoms.